The van der Waals surface area contributed by atoms with Crippen molar-refractivity contribution in [3.8, 4) is 22.6 Å². The standard InChI is InChI=1S/C35H44F6O4/c1-2-3-4-5-23-6-8-25(9-7-23)28-21-42-33(43-22-28)26-10-15-29(16-11-26)34(37,38)44-30-17-12-24(13-18-30)27-14-19-32(31(36)20-27)45-35(39,40)41/h12-14,17-20,23,25-26,28-29,33H,2-11,15-16,21-22H2,1H3. The van der Waals surface area contributed by atoms with Crippen molar-refractivity contribution in [3.05, 3.63) is 48.3 Å². The minimum Gasteiger partial charge on any atom is -0.432 e. The molecule has 5 rings (SSSR count). The lowest BCUT2D eigenvalue weighted by Gasteiger charge is -2.41. The van der Waals surface area contributed by atoms with Gasteiger partial charge in [-0.1, -0.05) is 63.6 Å². The summed E-state index contributed by atoms with van der Waals surface area (Å²) in [6, 6.07) is 8.60. The predicted molar refractivity (Wildman–Crippen MR) is 158 cm³/mol. The number of benzene rings is 2. The van der Waals surface area contributed by atoms with Crippen molar-refractivity contribution in [3.63, 3.8) is 0 Å². The average molecular weight is 643 g/mol. The molecule has 250 valence electrons. The molecule has 0 N–H and O–H groups in total. The van der Waals surface area contributed by atoms with E-state index in [0.29, 0.717) is 43.5 Å². The molecule has 0 atom stereocenters. The first-order valence-corrected chi connectivity index (χ1v) is 16.5. The van der Waals surface area contributed by atoms with Gasteiger partial charge in [-0.25, -0.2) is 4.39 Å². The van der Waals surface area contributed by atoms with Crippen LogP contribution in [0, 0.1) is 35.4 Å². The van der Waals surface area contributed by atoms with Gasteiger partial charge in [0.2, 0.25) is 0 Å². The first-order valence-electron chi connectivity index (χ1n) is 16.5. The summed E-state index contributed by atoms with van der Waals surface area (Å²) in [5, 5.41) is 0. The van der Waals surface area contributed by atoms with Crippen LogP contribution in [0.15, 0.2) is 42.5 Å². The molecule has 2 saturated carbocycles. The van der Waals surface area contributed by atoms with Crippen molar-refractivity contribution in [1.82, 2.24) is 0 Å². The molecular formula is C35H44F6O4. The molecule has 10 heteroatoms. The van der Waals surface area contributed by atoms with Crippen molar-refractivity contribution < 1.29 is 45.3 Å². The Labute approximate surface area is 261 Å². The van der Waals surface area contributed by atoms with Crippen molar-refractivity contribution in [2.24, 2.45) is 29.6 Å². The maximum atomic E-state index is 15.2. The predicted octanol–water partition coefficient (Wildman–Crippen LogP) is 10.5. The van der Waals surface area contributed by atoms with Crippen molar-refractivity contribution in [2.75, 3.05) is 13.2 Å². The molecule has 0 bridgehead atoms. The van der Waals surface area contributed by atoms with Crippen molar-refractivity contribution >= 4 is 0 Å². The van der Waals surface area contributed by atoms with Gasteiger partial charge in [0.05, 0.1) is 19.1 Å². The molecule has 4 nitrogen and oxygen atoms in total. The molecule has 2 aromatic carbocycles. The second kappa shape index (κ2) is 15.0. The molecule has 2 aromatic rings. The summed E-state index contributed by atoms with van der Waals surface area (Å²) in [7, 11) is 0. The van der Waals surface area contributed by atoms with Crippen LogP contribution in [0.5, 0.6) is 11.5 Å². The number of hydrogen-bond donors (Lipinski definition) is 0. The Morgan fingerprint density at radius 2 is 1.33 bits per heavy atom. The van der Waals surface area contributed by atoms with E-state index >= 15 is 8.78 Å². The Morgan fingerprint density at radius 1 is 0.711 bits per heavy atom. The molecule has 45 heavy (non-hydrogen) atoms. The smallest absolute Gasteiger partial charge is 0.432 e. The largest absolute Gasteiger partial charge is 0.573 e. The summed E-state index contributed by atoms with van der Waals surface area (Å²) in [5.74, 6) is -1.13. The third-order valence-corrected chi connectivity index (χ3v) is 9.95. The van der Waals surface area contributed by atoms with Crippen LogP contribution in [0.25, 0.3) is 11.1 Å². The highest BCUT2D eigenvalue weighted by Crippen LogP contribution is 2.43. The highest BCUT2D eigenvalue weighted by atomic mass is 19.4. The molecule has 0 spiro atoms. The van der Waals surface area contributed by atoms with E-state index in [1.54, 1.807) is 0 Å². The van der Waals surface area contributed by atoms with Gasteiger partial charge >= 0.3 is 12.5 Å². The number of halogens is 6. The molecule has 0 unspecified atom stereocenters. The fraction of sp³-hybridized carbons (Fsp3) is 0.657. The van der Waals surface area contributed by atoms with E-state index in [4.69, 9.17) is 14.2 Å². The minimum absolute atomic E-state index is 0.0525. The summed E-state index contributed by atoms with van der Waals surface area (Å²) in [6.07, 6.45) is 3.36. The number of ether oxygens (including phenoxy) is 4. The molecule has 0 radical (unpaired) electrons. The number of hydrogen-bond acceptors (Lipinski definition) is 4. The topological polar surface area (TPSA) is 36.9 Å². The summed E-state index contributed by atoms with van der Waals surface area (Å²) in [4.78, 5) is 0. The third-order valence-electron chi connectivity index (χ3n) is 9.95. The summed E-state index contributed by atoms with van der Waals surface area (Å²) < 4.78 is 103. The van der Waals surface area contributed by atoms with E-state index in [1.165, 1.54) is 81.7 Å². The molecular weight excluding hydrogens is 598 g/mol. The maximum absolute atomic E-state index is 15.2. The van der Waals surface area contributed by atoms with Gasteiger partial charge in [-0.2, -0.15) is 8.78 Å². The fourth-order valence-electron chi connectivity index (χ4n) is 7.28. The first kappa shape index (κ1) is 33.9. The van der Waals surface area contributed by atoms with Crippen LogP contribution in [0.3, 0.4) is 0 Å². The van der Waals surface area contributed by atoms with Gasteiger partial charge in [0.1, 0.15) is 5.75 Å². The molecule has 3 aliphatic rings. The van der Waals surface area contributed by atoms with E-state index in [2.05, 4.69) is 11.7 Å². The van der Waals surface area contributed by atoms with Gasteiger partial charge in [-0.3, -0.25) is 0 Å². The number of alkyl halides is 5. The lowest BCUT2D eigenvalue weighted by atomic mass is 9.74. The normalized spacial score (nSPS) is 28.1. The van der Waals surface area contributed by atoms with Crippen LogP contribution in [-0.2, 0) is 9.47 Å². The Morgan fingerprint density at radius 3 is 1.93 bits per heavy atom. The van der Waals surface area contributed by atoms with Gasteiger partial charge < -0.3 is 18.9 Å². The molecule has 1 aliphatic heterocycles. The van der Waals surface area contributed by atoms with E-state index in [0.717, 1.165) is 18.1 Å². The highest BCUT2D eigenvalue weighted by molar-refractivity contribution is 5.65. The van der Waals surface area contributed by atoms with Gasteiger partial charge in [-0.05, 0) is 85.8 Å². The van der Waals surface area contributed by atoms with E-state index in [9.17, 15) is 17.6 Å². The lowest BCUT2D eigenvalue weighted by Crippen LogP contribution is -2.43. The van der Waals surface area contributed by atoms with Crippen LogP contribution in [-0.4, -0.2) is 32.0 Å². The quantitative estimate of drug-likeness (QED) is 0.181. The van der Waals surface area contributed by atoms with Crippen LogP contribution in [0.2, 0.25) is 0 Å². The number of unbranched alkanes of at least 4 members (excludes halogenated alkanes) is 2. The summed E-state index contributed by atoms with van der Waals surface area (Å²) in [5.41, 5.74) is 0.691. The zero-order valence-corrected chi connectivity index (χ0v) is 25.8. The Bertz CT molecular complexity index is 1200. The molecule has 1 saturated heterocycles. The summed E-state index contributed by atoms with van der Waals surface area (Å²) >= 11 is 0. The van der Waals surface area contributed by atoms with Crippen LogP contribution in [0.4, 0.5) is 26.3 Å². The van der Waals surface area contributed by atoms with Crippen molar-refractivity contribution in [2.45, 2.75) is 103 Å². The van der Waals surface area contributed by atoms with Crippen LogP contribution in [0.1, 0.15) is 84.0 Å². The SMILES string of the molecule is CCCCCC1CCC(C2COC(C3CCC(C(F)(F)Oc4ccc(-c5ccc(OC(F)(F)F)c(F)c5)cc4)CC3)OC2)CC1. The highest BCUT2D eigenvalue weighted by Gasteiger charge is 2.46. The second-order valence-corrected chi connectivity index (χ2v) is 13.1. The first-order chi connectivity index (χ1) is 21.5. The Kier molecular flexibility index (Phi) is 11.3. The zero-order valence-electron chi connectivity index (χ0n) is 25.8. The minimum atomic E-state index is -5.01. The van der Waals surface area contributed by atoms with E-state index < -0.39 is 30.0 Å². The third kappa shape index (κ3) is 9.31. The zero-order chi connectivity index (χ0) is 32.0. The average Bonchev–Trinajstić information content (AvgIpc) is 3.02. The molecule has 0 amide bonds. The van der Waals surface area contributed by atoms with Gasteiger partial charge in [-0.15, -0.1) is 13.2 Å². The molecule has 0 aromatic heterocycles. The van der Waals surface area contributed by atoms with Gasteiger partial charge in [0, 0.05) is 11.8 Å². The Balaban J connectivity index is 1.05. The van der Waals surface area contributed by atoms with Gasteiger partial charge in [0.25, 0.3) is 0 Å². The maximum Gasteiger partial charge on any atom is 0.573 e. The van der Waals surface area contributed by atoms with Gasteiger partial charge in [0.15, 0.2) is 17.9 Å². The van der Waals surface area contributed by atoms with Crippen molar-refractivity contribution in [1.29, 1.82) is 0 Å². The molecule has 3 fully saturated rings. The van der Waals surface area contributed by atoms with Crippen LogP contribution < -0.4 is 9.47 Å². The summed E-state index contributed by atoms with van der Waals surface area (Å²) in [6.45, 7) is 3.61. The second-order valence-electron chi connectivity index (χ2n) is 13.1. The molecule has 1 heterocycles. The van der Waals surface area contributed by atoms with E-state index in [-0.39, 0.29) is 36.4 Å². The molecule has 2 aliphatic carbocycles. The van der Waals surface area contributed by atoms with E-state index in [1.807, 2.05) is 0 Å². The lowest BCUT2D eigenvalue weighted by molar-refractivity contribution is -0.275. The monoisotopic (exact) mass is 642 g/mol. The Hall–Kier alpha value is -2.46. The fourth-order valence-corrected chi connectivity index (χ4v) is 7.28. The number of rotatable bonds is 11. The van der Waals surface area contributed by atoms with Crippen LogP contribution >= 0.6 is 0 Å².